The predicted molar refractivity (Wildman–Crippen MR) is 104 cm³/mol. The maximum Gasteiger partial charge on any atom is 0.129 e. The zero-order chi connectivity index (χ0) is 18.0. The van der Waals surface area contributed by atoms with Crippen LogP contribution >= 0.6 is 0 Å². The van der Waals surface area contributed by atoms with Crippen molar-refractivity contribution in [1.29, 1.82) is 0 Å². The lowest BCUT2D eigenvalue weighted by Gasteiger charge is -2.43. The normalized spacial score (nSPS) is 21.2. The molecule has 0 aromatic heterocycles. The molecule has 0 heterocycles. The number of ketones is 1. The summed E-state index contributed by atoms with van der Waals surface area (Å²) in [6.07, 6.45) is 8.43. The lowest BCUT2D eigenvalue weighted by molar-refractivity contribution is -0.117. The van der Waals surface area contributed by atoms with Crippen LogP contribution < -0.4 is 0 Å². The van der Waals surface area contributed by atoms with Gasteiger partial charge in [-0.15, -0.1) is 0 Å². The number of benzene rings is 1. The molecule has 0 radical (unpaired) electrons. The molecule has 0 fully saturated rings. The number of hydrogen-bond donors (Lipinski definition) is 0. The molecule has 1 aliphatic rings. The van der Waals surface area contributed by atoms with Crippen molar-refractivity contribution in [2.24, 2.45) is 10.8 Å². The van der Waals surface area contributed by atoms with Gasteiger partial charge in [-0.1, -0.05) is 69.7 Å². The number of Topliss-reactive ketones (excluding diaryl/α,β-unsaturated/α-hetero) is 1. The van der Waals surface area contributed by atoms with Gasteiger partial charge in [0, 0.05) is 6.42 Å². The van der Waals surface area contributed by atoms with Gasteiger partial charge < -0.3 is 4.79 Å². The topological polar surface area (TPSA) is 17.1 Å². The third kappa shape index (κ3) is 4.26. The fraction of sp³-hybridized carbons (Fsp3) is 0.522. The zero-order valence-electron chi connectivity index (χ0n) is 16.2. The first-order valence-electron chi connectivity index (χ1n) is 9.10. The van der Waals surface area contributed by atoms with Gasteiger partial charge in [0.05, 0.1) is 0 Å². The van der Waals surface area contributed by atoms with Gasteiger partial charge in [-0.05, 0) is 60.6 Å². The van der Waals surface area contributed by atoms with Crippen LogP contribution in [0.1, 0.15) is 71.9 Å². The molecule has 1 atom stereocenters. The Bertz CT molecular complexity index is 670. The molecule has 0 bridgehead atoms. The van der Waals surface area contributed by atoms with Crippen molar-refractivity contribution < 1.29 is 4.79 Å². The molecule has 1 nitrogen and oxygen atoms in total. The summed E-state index contributed by atoms with van der Waals surface area (Å²) in [7, 11) is 0. The van der Waals surface area contributed by atoms with E-state index in [1.807, 2.05) is 0 Å². The van der Waals surface area contributed by atoms with E-state index in [1.54, 1.807) is 6.92 Å². The quantitative estimate of drug-likeness (QED) is 0.614. The molecule has 1 heteroatoms. The first-order valence-corrected chi connectivity index (χ1v) is 9.10. The summed E-state index contributed by atoms with van der Waals surface area (Å²) in [6, 6.07) is 8.71. The summed E-state index contributed by atoms with van der Waals surface area (Å²) in [5.74, 6) is 0.281. The average Bonchev–Trinajstić information content (AvgIpc) is 2.45. The minimum absolute atomic E-state index is 0.160. The smallest absolute Gasteiger partial charge is 0.129 e. The Balaban J connectivity index is 2.32. The van der Waals surface area contributed by atoms with Crippen molar-refractivity contribution in [3.8, 4) is 0 Å². The third-order valence-corrected chi connectivity index (χ3v) is 5.56. The van der Waals surface area contributed by atoms with Crippen LogP contribution in [0.2, 0.25) is 0 Å². The third-order valence-electron chi connectivity index (χ3n) is 5.56. The summed E-state index contributed by atoms with van der Waals surface area (Å²) in [5, 5.41) is 0. The number of allylic oxidation sites excluding steroid dienone is 4. The van der Waals surface area contributed by atoms with Gasteiger partial charge in [0.2, 0.25) is 0 Å². The highest BCUT2D eigenvalue weighted by molar-refractivity contribution is 5.75. The van der Waals surface area contributed by atoms with Crippen LogP contribution in [0.5, 0.6) is 0 Å². The Kier molecular flexibility index (Phi) is 5.52. The molecule has 130 valence electrons. The van der Waals surface area contributed by atoms with Gasteiger partial charge in [0.25, 0.3) is 0 Å². The molecule has 0 N–H and O–H groups in total. The van der Waals surface area contributed by atoms with E-state index in [0.717, 1.165) is 19.3 Å². The molecular formula is C23H32O. The van der Waals surface area contributed by atoms with Crippen molar-refractivity contribution in [1.82, 2.24) is 0 Å². The molecule has 1 aliphatic carbocycles. The maximum absolute atomic E-state index is 11.2. The van der Waals surface area contributed by atoms with Gasteiger partial charge >= 0.3 is 0 Å². The average molecular weight is 325 g/mol. The molecule has 0 saturated heterocycles. The van der Waals surface area contributed by atoms with E-state index in [4.69, 9.17) is 0 Å². The number of rotatable bonds is 5. The Labute approximate surface area is 147 Å². The highest BCUT2D eigenvalue weighted by atomic mass is 16.1. The minimum Gasteiger partial charge on any atom is -0.300 e. The minimum atomic E-state index is 0.160. The van der Waals surface area contributed by atoms with Crippen LogP contribution in [-0.2, 0) is 11.2 Å². The fourth-order valence-corrected chi connectivity index (χ4v) is 3.55. The van der Waals surface area contributed by atoms with Crippen molar-refractivity contribution in [2.45, 2.75) is 67.2 Å². The monoisotopic (exact) mass is 324 g/mol. The largest absolute Gasteiger partial charge is 0.300 e. The standard InChI is InChI=1S/C23H32O/c1-17-14-20(16-23(6,15-17)22(3,4)5)21-13-8-7-11-19(21)12-9-10-18(2)24/h7-8,11,13-15H,9-10,12,16H2,1-6H3. The Morgan fingerprint density at radius 2 is 1.88 bits per heavy atom. The number of hydrogen-bond acceptors (Lipinski definition) is 1. The molecule has 1 aromatic rings. The van der Waals surface area contributed by atoms with Crippen molar-refractivity contribution in [3.05, 3.63) is 53.1 Å². The molecule has 1 unspecified atom stereocenters. The van der Waals surface area contributed by atoms with E-state index in [2.05, 4.69) is 71.0 Å². The lowest BCUT2D eigenvalue weighted by Crippen LogP contribution is -2.32. The van der Waals surface area contributed by atoms with Crippen LogP contribution in [0.25, 0.3) is 5.57 Å². The van der Waals surface area contributed by atoms with Gasteiger partial charge in [0.15, 0.2) is 0 Å². The Morgan fingerprint density at radius 3 is 2.50 bits per heavy atom. The van der Waals surface area contributed by atoms with Crippen LogP contribution in [0.4, 0.5) is 0 Å². The lowest BCUT2D eigenvalue weighted by atomic mass is 9.61. The molecule has 0 saturated carbocycles. The summed E-state index contributed by atoms with van der Waals surface area (Å²) in [5.41, 5.74) is 5.91. The van der Waals surface area contributed by atoms with Gasteiger partial charge in [0.1, 0.15) is 5.78 Å². The Hall–Kier alpha value is -1.63. The SMILES string of the molecule is CC(=O)CCCc1ccccc1C1=CC(C)=CC(C)(C(C)(C)C)C1. The van der Waals surface area contributed by atoms with Gasteiger partial charge in [-0.2, -0.15) is 0 Å². The van der Waals surface area contributed by atoms with Crippen molar-refractivity contribution in [3.63, 3.8) is 0 Å². The molecule has 24 heavy (non-hydrogen) atoms. The first-order chi connectivity index (χ1) is 11.1. The molecular weight excluding hydrogens is 292 g/mol. The van der Waals surface area contributed by atoms with Crippen LogP contribution in [0.15, 0.2) is 42.0 Å². The van der Waals surface area contributed by atoms with E-state index in [-0.39, 0.29) is 16.6 Å². The summed E-state index contributed by atoms with van der Waals surface area (Å²) >= 11 is 0. The predicted octanol–water partition coefficient (Wildman–Crippen LogP) is 6.38. The van der Waals surface area contributed by atoms with E-state index in [0.29, 0.717) is 6.42 Å². The summed E-state index contributed by atoms with van der Waals surface area (Å²) in [6.45, 7) is 13.3. The van der Waals surface area contributed by atoms with E-state index in [1.165, 1.54) is 22.3 Å². The van der Waals surface area contributed by atoms with Crippen LogP contribution in [0.3, 0.4) is 0 Å². The second kappa shape index (κ2) is 7.09. The highest BCUT2D eigenvalue weighted by Crippen LogP contribution is 2.49. The highest BCUT2D eigenvalue weighted by Gasteiger charge is 2.38. The van der Waals surface area contributed by atoms with Gasteiger partial charge in [-0.25, -0.2) is 0 Å². The number of carbonyl (C=O) groups is 1. The fourth-order valence-electron chi connectivity index (χ4n) is 3.55. The molecule has 1 aromatic carbocycles. The molecule has 0 spiro atoms. The maximum atomic E-state index is 11.2. The first kappa shape index (κ1) is 18.7. The second-order valence-electron chi connectivity index (χ2n) is 8.61. The number of carbonyl (C=O) groups excluding carboxylic acids is 1. The Morgan fingerprint density at radius 1 is 1.21 bits per heavy atom. The molecule has 0 aliphatic heterocycles. The van der Waals surface area contributed by atoms with E-state index in [9.17, 15) is 4.79 Å². The van der Waals surface area contributed by atoms with Crippen LogP contribution in [-0.4, -0.2) is 5.78 Å². The van der Waals surface area contributed by atoms with Gasteiger partial charge in [-0.3, -0.25) is 0 Å². The molecule has 2 rings (SSSR count). The summed E-state index contributed by atoms with van der Waals surface area (Å²) < 4.78 is 0. The summed E-state index contributed by atoms with van der Waals surface area (Å²) in [4.78, 5) is 11.2. The zero-order valence-corrected chi connectivity index (χ0v) is 16.2. The van der Waals surface area contributed by atoms with Crippen LogP contribution in [0, 0.1) is 10.8 Å². The van der Waals surface area contributed by atoms with E-state index >= 15 is 0 Å². The van der Waals surface area contributed by atoms with Crippen molar-refractivity contribution in [2.75, 3.05) is 0 Å². The van der Waals surface area contributed by atoms with E-state index < -0.39 is 0 Å². The molecule has 0 amide bonds. The number of aryl methyl sites for hydroxylation is 1. The second-order valence-corrected chi connectivity index (χ2v) is 8.61. The van der Waals surface area contributed by atoms with Crippen molar-refractivity contribution >= 4 is 11.4 Å².